The third kappa shape index (κ3) is 6.08. The number of nitrogens with one attached hydrogen (secondary N) is 2. The zero-order valence-electron chi connectivity index (χ0n) is 14.5. The van der Waals surface area contributed by atoms with E-state index in [1.165, 1.54) is 0 Å². The van der Waals surface area contributed by atoms with Crippen molar-refractivity contribution in [3.05, 3.63) is 54.1 Å². The number of hydrogen-bond acceptors (Lipinski definition) is 4. The van der Waals surface area contributed by atoms with Crippen LogP contribution in [0.5, 0.6) is 11.5 Å². The molecule has 0 atom stereocenters. The fourth-order valence-corrected chi connectivity index (χ4v) is 2.21. The molecular formula is C19H22N2O3S. The van der Waals surface area contributed by atoms with Gasteiger partial charge in [0.1, 0.15) is 11.5 Å². The van der Waals surface area contributed by atoms with Gasteiger partial charge in [-0.05, 0) is 54.5 Å². The standard InChI is InChI=1S/C19H22N2O3S/c1-13(2)12-24-16-9-7-14(8-10-16)18(22)21-19(25)20-15-5-4-6-17(11-15)23-3/h4-11,13H,12H2,1-3H3,(H2,20,21,22,25). The van der Waals surface area contributed by atoms with Gasteiger partial charge in [-0.2, -0.15) is 0 Å². The summed E-state index contributed by atoms with van der Waals surface area (Å²) in [7, 11) is 1.59. The smallest absolute Gasteiger partial charge is 0.257 e. The second-order valence-electron chi connectivity index (χ2n) is 5.87. The van der Waals surface area contributed by atoms with Crippen molar-refractivity contribution in [2.45, 2.75) is 13.8 Å². The van der Waals surface area contributed by atoms with Crippen molar-refractivity contribution in [1.82, 2.24) is 5.32 Å². The van der Waals surface area contributed by atoms with Crippen LogP contribution in [0.25, 0.3) is 0 Å². The van der Waals surface area contributed by atoms with Crippen LogP contribution in [0.4, 0.5) is 5.69 Å². The monoisotopic (exact) mass is 358 g/mol. The van der Waals surface area contributed by atoms with E-state index in [9.17, 15) is 4.79 Å². The Morgan fingerprint density at radius 1 is 1.12 bits per heavy atom. The molecule has 0 spiro atoms. The molecule has 0 saturated heterocycles. The molecule has 6 heteroatoms. The van der Waals surface area contributed by atoms with E-state index in [0.717, 1.165) is 11.4 Å². The summed E-state index contributed by atoms with van der Waals surface area (Å²) in [5.41, 5.74) is 1.24. The van der Waals surface area contributed by atoms with Crippen LogP contribution in [0.1, 0.15) is 24.2 Å². The maximum absolute atomic E-state index is 12.2. The van der Waals surface area contributed by atoms with E-state index in [4.69, 9.17) is 21.7 Å². The van der Waals surface area contributed by atoms with Crippen molar-refractivity contribution in [1.29, 1.82) is 0 Å². The van der Waals surface area contributed by atoms with Gasteiger partial charge < -0.3 is 14.8 Å². The average Bonchev–Trinajstić information content (AvgIpc) is 2.60. The summed E-state index contributed by atoms with van der Waals surface area (Å²) in [4.78, 5) is 12.2. The molecule has 2 aromatic carbocycles. The summed E-state index contributed by atoms with van der Waals surface area (Å²) in [6, 6.07) is 14.3. The van der Waals surface area contributed by atoms with Gasteiger partial charge in [-0.3, -0.25) is 10.1 Å². The number of carbonyl (C=O) groups excluding carboxylic acids is 1. The Hall–Kier alpha value is -2.60. The molecule has 2 N–H and O–H groups in total. The van der Waals surface area contributed by atoms with E-state index in [1.807, 2.05) is 18.2 Å². The Kier molecular flexibility index (Phi) is 6.77. The largest absolute Gasteiger partial charge is 0.497 e. The van der Waals surface area contributed by atoms with Gasteiger partial charge in [0.05, 0.1) is 13.7 Å². The van der Waals surface area contributed by atoms with Gasteiger partial charge in [0, 0.05) is 17.3 Å². The molecule has 0 bridgehead atoms. The second kappa shape index (κ2) is 9.03. The van der Waals surface area contributed by atoms with Gasteiger partial charge in [-0.25, -0.2) is 0 Å². The Balaban J connectivity index is 1.91. The first-order valence-corrected chi connectivity index (χ1v) is 8.38. The van der Waals surface area contributed by atoms with Crippen LogP contribution >= 0.6 is 12.2 Å². The molecule has 5 nitrogen and oxygen atoms in total. The van der Waals surface area contributed by atoms with E-state index >= 15 is 0 Å². The minimum Gasteiger partial charge on any atom is -0.497 e. The van der Waals surface area contributed by atoms with Crippen LogP contribution < -0.4 is 20.1 Å². The van der Waals surface area contributed by atoms with Gasteiger partial charge >= 0.3 is 0 Å². The quantitative estimate of drug-likeness (QED) is 0.768. The number of rotatable bonds is 6. The number of ether oxygens (including phenoxy) is 2. The molecule has 0 unspecified atom stereocenters. The Bertz CT molecular complexity index is 730. The molecule has 25 heavy (non-hydrogen) atoms. The number of methoxy groups -OCH3 is 1. The van der Waals surface area contributed by atoms with Crippen LogP contribution in [0.2, 0.25) is 0 Å². The topological polar surface area (TPSA) is 59.6 Å². The van der Waals surface area contributed by atoms with E-state index in [2.05, 4.69) is 24.5 Å². The minimum absolute atomic E-state index is 0.221. The minimum atomic E-state index is -0.282. The Morgan fingerprint density at radius 3 is 2.48 bits per heavy atom. The maximum atomic E-state index is 12.2. The van der Waals surface area contributed by atoms with E-state index in [1.54, 1.807) is 37.4 Å². The molecule has 1 amide bonds. The number of hydrogen-bond donors (Lipinski definition) is 2. The van der Waals surface area contributed by atoms with Crippen molar-refractivity contribution in [2.24, 2.45) is 5.92 Å². The second-order valence-corrected chi connectivity index (χ2v) is 6.28. The van der Waals surface area contributed by atoms with Crippen LogP contribution in [0.3, 0.4) is 0 Å². The molecule has 2 rings (SSSR count). The molecule has 0 aliphatic rings. The molecule has 0 aromatic heterocycles. The molecule has 0 saturated carbocycles. The summed E-state index contributed by atoms with van der Waals surface area (Å²) < 4.78 is 10.8. The number of benzene rings is 2. The number of anilines is 1. The molecule has 0 fully saturated rings. The first-order valence-electron chi connectivity index (χ1n) is 7.97. The number of amides is 1. The number of thiocarbonyl (C=S) groups is 1. The third-order valence-corrected chi connectivity index (χ3v) is 3.46. The highest BCUT2D eigenvalue weighted by Gasteiger charge is 2.09. The predicted octanol–water partition coefficient (Wildman–Crippen LogP) is 3.86. The van der Waals surface area contributed by atoms with E-state index < -0.39 is 0 Å². The molecule has 0 aliphatic carbocycles. The van der Waals surface area contributed by atoms with Crippen molar-refractivity contribution in [3.8, 4) is 11.5 Å². The number of carbonyl (C=O) groups is 1. The van der Waals surface area contributed by atoms with Crippen molar-refractivity contribution in [3.63, 3.8) is 0 Å². The highest BCUT2D eigenvalue weighted by molar-refractivity contribution is 7.80. The SMILES string of the molecule is COc1cccc(NC(=S)NC(=O)c2ccc(OCC(C)C)cc2)c1. The average molecular weight is 358 g/mol. The summed E-state index contributed by atoms with van der Waals surface area (Å²) in [6.07, 6.45) is 0. The van der Waals surface area contributed by atoms with E-state index in [0.29, 0.717) is 23.8 Å². The van der Waals surface area contributed by atoms with Crippen LogP contribution in [-0.2, 0) is 0 Å². The molecular weight excluding hydrogens is 336 g/mol. The van der Waals surface area contributed by atoms with Crippen molar-refractivity contribution >= 4 is 28.9 Å². The molecule has 0 radical (unpaired) electrons. The molecule has 132 valence electrons. The van der Waals surface area contributed by atoms with Crippen LogP contribution in [-0.4, -0.2) is 24.7 Å². The lowest BCUT2D eigenvalue weighted by molar-refractivity contribution is 0.0977. The zero-order chi connectivity index (χ0) is 18.2. The fraction of sp³-hybridized carbons (Fsp3) is 0.263. The van der Waals surface area contributed by atoms with Gasteiger partial charge in [0.15, 0.2) is 5.11 Å². The van der Waals surface area contributed by atoms with Gasteiger partial charge in [0.25, 0.3) is 5.91 Å². The van der Waals surface area contributed by atoms with Gasteiger partial charge in [-0.1, -0.05) is 19.9 Å². The lowest BCUT2D eigenvalue weighted by Crippen LogP contribution is -2.34. The van der Waals surface area contributed by atoms with Crippen molar-refractivity contribution < 1.29 is 14.3 Å². The Morgan fingerprint density at radius 2 is 1.84 bits per heavy atom. The first-order chi connectivity index (χ1) is 12.0. The normalized spacial score (nSPS) is 10.2. The predicted molar refractivity (Wildman–Crippen MR) is 103 cm³/mol. The summed E-state index contributed by atoms with van der Waals surface area (Å²) in [6.45, 7) is 4.80. The lowest BCUT2D eigenvalue weighted by Gasteiger charge is -2.11. The highest BCUT2D eigenvalue weighted by atomic mass is 32.1. The zero-order valence-corrected chi connectivity index (χ0v) is 15.4. The summed E-state index contributed by atoms with van der Waals surface area (Å²) >= 11 is 5.18. The lowest BCUT2D eigenvalue weighted by atomic mass is 10.2. The van der Waals surface area contributed by atoms with Crippen molar-refractivity contribution in [2.75, 3.05) is 19.0 Å². The van der Waals surface area contributed by atoms with Gasteiger partial charge in [-0.15, -0.1) is 0 Å². The molecule has 0 aliphatic heterocycles. The molecule has 2 aromatic rings. The van der Waals surface area contributed by atoms with Gasteiger partial charge in [0.2, 0.25) is 0 Å². The summed E-state index contributed by atoms with van der Waals surface area (Å²) in [5.74, 6) is 1.61. The van der Waals surface area contributed by atoms with E-state index in [-0.39, 0.29) is 11.0 Å². The molecule has 0 heterocycles. The van der Waals surface area contributed by atoms with Crippen LogP contribution in [0, 0.1) is 5.92 Å². The summed E-state index contributed by atoms with van der Waals surface area (Å²) in [5, 5.41) is 5.83. The third-order valence-electron chi connectivity index (χ3n) is 3.25. The Labute approximate surface area is 153 Å². The maximum Gasteiger partial charge on any atom is 0.257 e. The first kappa shape index (κ1) is 18.7. The highest BCUT2D eigenvalue weighted by Crippen LogP contribution is 2.17. The van der Waals surface area contributed by atoms with Crippen LogP contribution in [0.15, 0.2) is 48.5 Å². The fourth-order valence-electron chi connectivity index (χ4n) is 2.00.